The van der Waals surface area contributed by atoms with Crippen LogP contribution < -0.4 is 15.2 Å². The van der Waals surface area contributed by atoms with Crippen LogP contribution in [0, 0.1) is 13.8 Å². The predicted octanol–water partition coefficient (Wildman–Crippen LogP) is 5.78. The molecule has 0 spiro atoms. The van der Waals surface area contributed by atoms with E-state index in [1.165, 1.54) is 6.08 Å². The van der Waals surface area contributed by atoms with Gasteiger partial charge in [0.1, 0.15) is 23.4 Å². The number of carboxylic acid groups (broad SMARTS) is 1. The summed E-state index contributed by atoms with van der Waals surface area (Å²) in [6.07, 6.45) is 4.60. The van der Waals surface area contributed by atoms with E-state index in [0.29, 0.717) is 36.5 Å². The van der Waals surface area contributed by atoms with Gasteiger partial charge in [-0.15, -0.1) is 0 Å². The molecule has 1 aliphatic heterocycles. The third-order valence-electron chi connectivity index (χ3n) is 6.74. The summed E-state index contributed by atoms with van der Waals surface area (Å²) in [5.74, 6) is -0.888. The smallest absolute Gasteiger partial charge is 0.304 e. The van der Waals surface area contributed by atoms with Crippen molar-refractivity contribution in [1.82, 2.24) is 0 Å². The minimum atomic E-state index is -0.872. The van der Waals surface area contributed by atoms with Crippen molar-refractivity contribution in [1.29, 1.82) is 0 Å². The second-order valence-electron chi connectivity index (χ2n) is 9.39. The summed E-state index contributed by atoms with van der Waals surface area (Å²) in [4.78, 5) is 22.7. The molecule has 188 valence electrons. The zero-order valence-electron chi connectivity index (χ0n) is 20.5. The summed E-state index contributed by atoms with van der Waals surface area (Å²) in [6, 6.07) is 8.84. The molecule has 2 aliphatic rings. The molecule has 0 radical (unpaired) electrons. The normalized spacial score (nSPS) is 22.6. The van der Waals surface area contributed by atoms with Gasteiger partial charge in [-0.3, -0.25) is 9.59 Å². The Morgan fingerprint density at radius 1 is 1.19 bits per heavy atom. The van der Waals surface area contributed by atoms with E-state index in [9.17, 15) is 9.59 Å². The van der Waals surface area contributed by atoms with Gasteiger partial charge in [-0.25, -0.2) is 4.39 Å². The first-order valence-electron chi connectivity index (χ1n) is 12.0. The SMILES string of the molecule is C=C1/C(F)=C\C=C(\c2c(C)cc(C(N)=O)cc2C)CCC[C@H]1Oc1ccc2c(c1)OC[C@H]2CC(=O)O. The van der Waals surface area contributed by atoms with Crippen molar-refractivity contribution in [2.75, 3.05) is 6.61 Å². The molecule has 3 N–H and O–H groups in total. The minimum Gasteiger partial charge on any atom is -0.492 e. The summed E-state index contributed by atoms with van der Waals surface area (Å²) >= 11 is 0. The third-order valence-corrected chi connectivity index (χ3v) is 6.74. The second-order valence-corrected chi connectivity index (χ2v) is 9.39. The number of halogens is 1. The van der Waals surface area contributed by atoms with Gasteiger partial charge in [0.25, 0.3) is 0 Å². The van der Waals surface area contributed by atoms with Crippen molar-refractivity contribution >= 4 is 17.4 Å². The monoisotopic (exact) mass is 491 g/mol. The number of carboxylic acids is 1. The lowest BCUT2D eigenvalue weighted by atomic mass is 9.90. The van der Waals surface area contributed by atoms with E-state index in [0.717, 1.165) is 34.2 Å². The molecular weight excluding hydrogens is 461 g/mol. The van der Waals surface area contributed by atoms with Crippen molar-refractivity contribution in [2.24, 2.45) is 5.73 Å². The Kier molecular flexibility index (Phi) is 7.29. The van der Waals surface area contributed by atoms with Crippen LogP contribution in [0.1, 0.15) is 64.2 Å². The number of hydrogen-bond acceptors (Lipinski definition) is 4. The zero-order valence-corrected chi connectivity index (χ0v) is 20.5. The van der Waals surface area contributed by atoms with Crippen molar-refractivity contribution in [3.8, 4) is 11.5 Å². The highest BCUT2D eigenvalue weighted by atomic mass is 19.1. The molecule has 1 amide bonds. The highest BCUT2D eigenvalue weighted by Gasteiger charge is 2.28. The highest BCUT2D eigenvalue weighted by Crippen LogP contribution is 2.39. The molecule has 4 rings (SSSR count). The Bertz CT molecular complexity index is 1270. The van der Waals surface area contributed by atoms with Gasteiger partial charge in [-0.05, 0) is 79.6 Å². The third kappa shape index (κ3) is 5.35. The lowest BCUT2D eigenvalue weighted by molar-refractivity contribution is -0.137. The maximum atomic E-state index is 15.1. The average Bonchev–Trinajstić information content (AvgIpc) is 3.22. The molecule has 7 heteroatoms. The zero-order chi connectivity index (χ0) is 26.0. The maximum Gasteiger partial charge on any atom is 0.304 e. The number of fused-ring (bicyclic) bond motifs is 1. The number of allylic oxidation sites excluding steroid dienone is 3. The summed E-state index contributed by atoms with van der Waals surface area (Å²) in [5, 5.41) is 9.10. The Hall–Kier alpha value is -3.87. The van der Waals surface area contributed by atoms with Crippen LogP contribution >= 0.6 is 0 Å². The van der Waals surface area contributed by atoms with E-state index < -0.39 is 23.8 Å². The molecule has 1 heterocycles. The number of aryl methyl sites for hydroxylation is 2. The van der Waals surface area contributed by atoms with E-state index in [1.54, 1.807) is 30.3 Å². The largest absolute Gasteiger partial charge is 0.492 e. The van der Waals surface area contributed by atoms with E-state index in [4.69, 9.17) is 20.3 Å². The molecule has 0 aromatic heterocycles. The van der Waals surface area contributed by atoms with Gasteiger partial charge >= 0.3 is 5.97 Å². The quantitative estimate of drug-likeness (QED) is 0.534. The number of primary amides is 1. The lowest BCUT2D eigenvalue weighted by Gasteiger charge is -2.21. The molecule has 2 atom stereocenters. The second kappa shape index (κ2) is 10.4. The van der Waals surface area contributed by atoms with Gasteiger partial charge in [0.2, 0.25) is 5.91 Å². The van der Waals surface area contributed by atoms with E-state index >= 15 is 4.39 Å². The number of carbonyl (C=O) groups is 2. The standard InChI is InChI=1S/C29H30FNO5/c1-16-11-20(29(31)34)12-17(2)28(16)19-5-4-6-25(18(3)24(30)10-7-19)36-22-8-9-23-21(13-27(32)33)15-35-26(23)14-22/h7-12,14,21,25H,3-6,13,15H2,1-2H3,(H2,31,34)(H,32,33)/b19-7+,24-10+/t21-,25-/m1/s1. The van der Waals surface area contributed by atoms with Gasteiger partial charge in [0.05, 0.1) is 13.0 Å². The number of ether oxygens (including phenoxy) is 2. The molecule has 6 nitrogen and oxygen atoms in total. The minimum absolute atomic E-state index is 0.00216. The first-order valence-corrected chi connectivity index (χ1v) is 12.0. The van der Waals surface area contributed by atoms with Gasteiger partial charge in [-0.1, -0.05) is 18.7 Å². The fraction of sp³-hybridized carbons (Fsp3) is 0.310. The summed E-state index contributed by atoms with van der Waals surface area (Å²) in [6.45, 7) is 8.11. The number of hydrogen-bond donors (Lipinski definition) is 2. The molecule has 0 saturated carbocycles. The molecule has 0 saturated heterocycles. The van der Waals surface area contributed by atoms with Crippen LogP contribution in [-0.4, -0.2) is 29.7 Å². The van der Waals surface area contributed by atoms with Crippen LogP contribution in [-0.2, 0) is 4.79 Å². The lowest BCUT2D eigenvalue weighted by Crippen LogP contribution is -2.19. The molecule has 0 fully saturated rings. The molecule has 0 unspecified atom stereocenters. The van der Waals surface area contributed by atoms with Crippen molar-refractivity contribution in [2.45, 2.75) is 51.6 Å². The molecule has 2 aromatic rings. The fourth-order valence-electron chi connectivity index (χ4n) is 5.00. The van der Waals surface area contributed by atoms with Crippen LogP contribution in [0.4, 0.5) is 4.39 Å². The number of benzene rings is 2. The number of rotatable bonds is 6. The van der Waals surface area contributed by atoms with Gasteiger partial charge in [0.15, 0.2) is 0 Å². The van der Waals surface area contributed by atoms with Crippen LogP contribution in [0.5, 0.6) is 11.5 Å². The number of nitrogens with two attached hydrogens (primary N) is 1. The van der Waals surface area contributed by atoms with Crippen LogP contribution in [0.2, 0.25) is 0 Å². The molecule has 0 bridgehead atoms. The Morgan fingerprint density at radius 3 is 2.58 bits per heavy atom. The predicted molar refractivity (Wildman–Crippen MR) is 136 cm³/mol. The van der Waals surface area contributed by atoms with Gasteiger partial charge in [-0.2, -0.15) is 0 Å². The van der Waals surface area contributed by atoms with Gasteiger partial charge in [0, 0.05) is 28.7 Å². The van der Waals surface area contributed by atoms with Crippen molar-refractivity contribution in [3.05, 3.63) is 88.3 Å². The van der Waals surface area contributed by atoms with Gasteiger partial charge < -0.3 is 20.3 Å². The van der Waals surface area contributed by atoms with E-state index in [2.05, 4.69) is 6.58 Å². The Morgan fingerprint density at radius 2 is 1.92 bits per heavy atom. The summed E-state index contributed by atoms with van der Waals surface area (Å²) in [7, 11) is 0. The topological polar surface area (TPSA) is 98.9 Å². The van der Waals surface area contributed by atoms with Crippen molar-refractivity contribution in [3.63, 3.8) is 0 Å². The summed E-state index contributed by atoms with van der Waals surface area (Å²) < 4.78 is 26.9. The van der Waals surface area contributed by atoms with Crippen molar-refractivity contribution < 1.29 is 28.6 Å². The maximum absolute atomic E-state index is 15.1. The van der Waals surface area contributed by atoms with Crippen LogP contribution in [0.3, 0.4) is 0 Å². The van der Waals surface area contributed by atoms with E-state index in [1.807, 2.05) is 19.9 Å². The Balaban J connectivity index is 1.52. The molecule has 36 heavy (non-hydrogen) atoms. The van der Waals surface area contributed by atoms with Crippen LogP contribution in [0.15, 0.2) is 60.5 Å². The first-order chi connectivity index (χ1) is 17.1. The highest BCUT2D eigenvalue weighted by molar-refractivity contribution is 5.94. The molecular formula is C29H30FNO5. The molecule has 1 aliphatic carbocycles. The fourth-order valence-corrected chi connectivity index (χ4v) is 5.00. The first kappa shape index (κ1) is 25.2. The number of amides is 1. The number of aliphatic carboxylic acids is 1. The van der Waals surface area contributed by atoms with Crippen LogP contribution in [0.25, 0.3) is 5.57 Å². The number of carbonyl (C=O) groups excluding carboxylic acids is 1. The summed E-state index contributed by atoms with van der Waals surface area (Å²) in [5.41, 5.74) is 10.8. The molecule has 2 aromatic carbocycles. The van der Waals surface area contributed by atoms with E-state index in [-0.39, 0.29) is 17.9 Å². The Labute approximate surface area is 209 Å². The average molecular weight is 492 g/mol.